The van der Waals surface area contributed by atoms with Crippen LogP contribution in [-0.2, 0) is 4.79 Å². The largest absolute Gasteiger partial charge is 0.481 e. The van der Waals surface area contributed by atoms with Gasteiger partial charge in [-0.25, -0.2) is 9.97 Å². The number of benzene rings is 1. The number of aromatic nitrogens is 4. The monoisotopic (exact) mass is 328 g/mol. The van der Waals surface area contributed by atoms with E-state index in [1.807, 2.05) is 30.3 Å². The molecule has 0 aliphatic carbocycles. The third kappa shape index (κ3) is 4.07. The van der Waals surface area contributed by atoms with Crippen molar-refractivity contribution in [1.29, 1.82) is 0 Å². The number of aromatic amines is 1. The Balaban J connectivity index is 1.68. The summed E-state index contributed by atoms with van der Waals surface area (Å²) in [6, 6.07) is 12.9. The molecule has 0 radical (unpaired) electrons. The third-order valence-electron chi connectivity index (χ3n) is 2.77. The van der Waals surface area contributed by atoms with Gasteiger partial charge in [0.05, 0.1) is 5.75 Å². The van der Waals surface area contributed by atoms with Crippen LogP contribution in [0.2, 0.25) is 0 Å². The molecule has 3 rings (SSSR count). The molecule has 0 aliphatic heterocycles. The van der Waals surface area contributed by atoms with Crippen LogP contribution in [0.25, 0.3) is 11.4 Å². The van der Waals surface area contributed by atoms with E-state index < -0.39 is 5.97 Å². The summed E-state index contributed by atoms with van der Waals surface area (Å²) in [7, 11) is 0. The number of thioether (sulfide) groups is 1. The molecule has 0 amide bonds. The predicted molar refractivity (Wildman–Crippen MR) is 84.5 cm³/mol. The quantitative estimate of drug-likeness (QED) is 0.671. The highest BCUT2D eigenvalue weighted by atomic mass is 32.2. The third-order valence-corrected chi connectivity index (χ3v) is 3.60. The standard InChI is InChI=1S/C15H12N4O3S/c20-13(21)9-23-15-17-14(18-19-15)10-6-7-12(16-8-10)22-11-4-2-1-3-5-11/h1-8H,9H2,(H,20,21)(H,17,18,19). The minimum Gasteiger partial charge on any atom is -0.481 e. The fraction of sp³-hybridized carbons (Fsp3) is 0.0667. The van der Waals surface area contributed by atoms with Gasteiger partial charge >= 0.3 is 5.97 Å². The number of rotatable bonds is 6. The molecule has 0 bridgehead atoms. The molecule has 23 heavy (non-hydrogen) atoms. The number of nitrogens with one attached hydrogen (secondary N) is 1. The summed E-state index contributed by atoms with van der Waals surface area (Å²) in [5.41, 5.74) is 0.736. The highest BCUT2D eigenvalue weighted by Crippen LogP contribution is 2.22. The van der Waals surface area contributed by atoms with Crippen LogP contribution >= 0.6 is 11.8 Å². The Morgan fingerprint density at radius 3 is 2.74 bits per heavy atom. The van der Waals surface area contributed by atoms with Crippen molar-refractivity contribution in [3.05, 3.63) is 48.7 Å². The number of aliphatic carboxylic acids is 1. The van der Waals surface area contributed by atoms with E-state index in [9.17, 15) is 4.79 Å². The molecule has 0 aliphatic rings. The lowest BCUT2D eigenvalue weighted by atomic mass is 10.3. The summed E-state index contributed by atoms with van der Waals surface area (Å²) in [5, 5.41) is 15.7. The lowest BCUT2D eigenvalue weighted by Gasteiger charge is -2.04. The van der Waals surface area contributed by atoms with Crippen LogP contribution in [-0.4, -0.2) is 37.0 Å². The van der Waals surface area contributed by atoms with E-state index in [1.54, 1.807) is 18.3 Å². The molecule has 0 spiro atoms. The SMILES string of the molecule is O=C(O)CSc1n[nH]c(-c2ccc(Oc3ccccc3)nc2)n1. The van der Waals surface area contributed by atoms with E-state index in [2.05, 4.69) is 20.2 Å². The molecule has 2 aromatic heterocycles. The number of carboxylic acid groups (broad SMARTS) is 1. The summed E-state index contributed by atoms with van der Waals surface area (Å²) in [5.74, 6) is 0.709. The molecule has 0 atom stereocenters. The van der Waals surface area contributed by atoms with E-state index in [4.69, 9.17) is 9.84 Å². The Morgan fingerprint density at radius 2 is 2.04 bits per heavy atom. The summed E-state index contributed by atoms with van der Waals surface area (Å²) >= 11 is 1.05. The first-order valence-corrected chi connectivity index (χ1v) is 7.65. The smallest absolute Gasteiger partial charge is 0.313 e. The fourth-order valence-corrected chi connectivity index (χ4v) is 2.27. The number of ether oxygens (including phenoxy) is 1. The van der Waals surface area contributed by atoms with Crippen molar-refractivity contribution < 1.29 is 14.6 Å². The van der Waals surface area contributed by atoms with Crippen molar-refractivity contribution in [2.75, 3.05) is 5.75 Å². The molecular formula is C15H12N4O3S. The maximum absolute atomic E-state index is 10.5. The summed E-state index contributed by atoms with van der Waals surface area (Å²) < 4.78 is 5.61. The maximum Gasteiger partial charge on any atom is 0.313 e. The Bertz CT molecular complexity index is 790. The molecular weight excluding hydrogens is 316 g/mol. The van der Waals surface area contributed by atoms with Crippen LogP contribution in [0.5, 0.6) is 11.6 Å². The molecule has 1 aromatic carbocycles. The Kier molecular flexibility index (Phi) is 4.53. The minimum atomic E-state index is -0.912. The molecule has 8 heteroatoms. The van der Waals surface area contributed by atoms with Crippen molar-refractivity contribution in [3.8, 4) is 23.0 Å². The lowest BCUT2D eigenvalue weighted by molar-refractivity contribution is -0.133. The Morgan fingerprint density at radius 1 is 1.22 bits per heavy atom. The van der Waals surface area contributed by atoms with E-state index in [0.717, 1.165) is 17.3 Å². The topological polar surface area (TPSA) is 101 Å². The van der Waals surface area contributed by atoms with Gasteiger partial charge in [-0.2, -0.15) is 0 Å². The number of nitrogens with zero attached hydrogens (tertiary/aromatic N) is 3. The Labute approximate surface area is 135 Å². The first kappa shape index (κ1) is 15.0. The van der Waals surface area contributed by atoms with Crippen LogP contribution in [0, 0.1) is 0 Å². The van der Waals surface area contributed by atoms with Crippen LogP contribution in [0.4, 0.5) is 0 Å². The number of hydrogen-bond donors (Lipinski definition) is 2. The number of hydrogen-bond acceptors (Lipinski definition) is 6. The zero-order chi connectivity index (χ0) is 16.1. The fourth-order valence-electron chi connectivity index (χ4n) is 1.76. The van der Waals surface area contributed by atoms with Crippen LogP contribution in [0.3, 0.4) is 0 Å². The van der Waals surface area contributed by atoms with Crippen molar-refractivity contribution in [2.24, 2.45) is 0 Å². The lowest BCUT2D eigenvalue weighted by Crippen LogP contribution is -1.97. The number of carboxylic acids is 1. The predicted octanol–water partition coefficient (Wildman–Crippen LogP) is 2.84. The molecule has 0 unspecified atom stereocenters. The normalized spacial score (nSPS) is 10.4. The van der Waals surface area contributed by atoms with Gasteiger partial charge in [0.15, 0.2) is 5.82 Å². The number of carbonyl (C=O) groups is 1. The average molecular weight is 328 g/mol. The van der Waals surface area contributed by atoms with Gasteiger partial charge in [0.25, 0.3) is 0 Å². The minimum absolute atomic E-state index is 0.0839. The molecule has 116 valence electrons. The first-order valence-electron chi connectivity index (χ1n) is 6.67. The van der Waals surface area contributed by atoms with Crippen molar-refractivity contribution in [2.45, 2.75) is 5.16 Å². The molecule has 3 aromatic rings. The highest BCUT2D eigenvalue weighted by Gasteiger charge is 2.09. The molecule has 2 N–H and O–H groups in total. The van der Waals surface area contributed by atoms with E-state index >= 15 is 0 Å². The van der Waals surface area contributed by atoms with Crippen molar-refractivity contribution in [1.82, 2.24) is 20.2 Å². The summed E-state index contributed by atoms with van der Waals surface area (Å²) in [6.07, 6.45) is 1.62. The van der Waals surface area contributed by atoms with Crippen LogP contribution in [0.15, 0.2) is 53.8 Å². The molecule has 0 fully saturated rings. The second-order valence-electron chi connectivity index (χ2n) is 4.45. The number of H-pyrrole nitrogens is 1. The summed E-state index contributed by atoms with van der Waals surface area (Å²) in [4.78, 5) is 19.0. The number of pyridine rings is 1. The van der Waals surface area contributed by atoms with Gasteiger partial charge in [0, 0.05) is 17.8 Å². The number of para-hydroxylation sites is 1. The van der Waals surface area contributed by atoms with E-state index in [0.29, 0.717) is 22.6 Å². The van der Waals surface area contributed by atoms with Gasteiger partial charge in [-0.3, -0.25) is 9.89 Å². The van der Waals surface area contributed by atoms with Gasteiger partial charge in [-0.1, -0.05) is 30.0 Å². The van der Waals surface area contributed by atoms with Crippen molar-refractivity contribution in [3.63, 3.8) is 0 Å². The van der Waals surface area contributed by atoms with Gasteiger partial charge in [0.1, 0.15) is 5.75 Å². The molecule has 0 saturated carbocycles. The second kappa shape index (κ2) is 6.93. The van der Waals surface area contributed by atoms with Gasteiger partial charge in [0.2, 0.25) is 11.0 Å². The molecule has 0 saturated heterocycles. The van der Waals surface area contributed by atoms with E-state index in [1.165, 1.54) is 0 Å². The first-order chi connectivity index (χ1) is 11.2. The Hall–Kier alpha value is -2.87. The maximum atomic E-state index is 10.5. The van der Waals surface area contributed by atoms with Gasteiger partial charge < -0.3 is 9.84 Å². The zero-order valence-corrected chi connectivity index (χ0v) is 12.7. The van der Waals surface area contributed by atoms with E-state index in [-0.39, 0.29) is 5.75 Å². The second-order valence-corrected chi connectivity index (χ2v) is 5.39. The molecule has 7 nitrogen and oxygen atoms in total. The average Bonchev–Trinajstić information content (AvgIpc) is 3.04. The van der Waals surface area contributed by atoms with Crippen LogP contribution in [0.1, 0.15) is 0 Å². The summed E-state index contributed by atoms with van der Waals surface area (Å²) in [6.45, 7) is 0. The van der Waals surface area contributed by atoms with Crippen molar-refractivity contribution >= 4 is 17.7 Å². The highest BCUT2D eigenvalue weighted by molar-refractivity contribution is 7.99. The molecule has 2 heterocycles. The zero-order valence-electron chi connectivity index (χ0n) is 11.8. The van der Waals surface area contributed by atoms with Gasteiger partial charge in [-0.05, 0) is 18.2 Å². The van der Waals surface area contributed by atoms with Gasteiger partial charge in [-0.15, -0.1) is 5.10 Å². The van der Waals surface area contributed by atoms with Crippen LogP contribution < -0.4 is 4.74 Å².